The molecule has 0 saturated carbocycles. The van der Waals surface area contributed by atoms with Gasteiger partial charge in [-0.2, -0.15) is 5.26 Å². The SMILES string of the molecule is N#CC(c1scnc1C(F)F)N1CCC(OCc2ccc(F)cc2)CC1. The summed E-state index contributed by atoms with van der Waals surface area (Å²) in [7, 11) is 0. The predicted molar refractivity (Wildman–Crippen MR) is 91.2 cm³/mol. The fourth-order valence-corrected chi connectivity index (χ4v) is 3.91. The van der Waals surface area contributed by atoms with Crippen LogP contribution >= 0.6 is 11.3 Å². The van der Waals surface area contributed by atoms with Crippen LogP contribution in [0.1, 0.15) is 41.4 Å². The third-order valence-electron chi connectivity index (χ3n) is 4.44. The standard InChI is InChI=1S/C18H18F3N3OS/c19-13-3-1-12(2-4-13)10-25-14-5-7-24(8-6-14)15(9-22)17-16(18(20)21)23-11-26-17/h1-4,11,14-15,18H,5-8,10H2. The molecule has 0 bridgehead atoms. The van der Waals surface area contributed by atoms with E-state index in [1.807, 2.05) is 4.90 Å². The number of benzene rings is 1. The molecule has 1 aliphatic rings. The van der Waals surface area contributed by atoms with E-state index >= 15 is 0 Å². The molecule has 1 unspecified atom stereocenters. The van der Waals surface area contributed by atoms with Crippen molar-refractivity contribution in [3.63, 3.8) is 0 Å². The van der Waals surface area contributed by atoms with E-state index in [1.54, 1.807) is 12.1 Å². The molecule has 4 nitrogen and oxygen atoms in total. The summed E-state index contributed by atoms with van der Waals surface area (Å²) in [5, 5.41) is 9.48. The van der Waals surface area contributed by atoms with Crippen molar-refractivity contribution in [2.45, 2.75) is 38.0 Å². The number of alkyl halides is 2. The van der Waals surface area contributed by atoms with Crippen molar-refractivity contribution in [3.05, 3.63) is 51.7 Å². The molecule has 0 amide bonds. The van der Waals surface area contributed by atoms with Gasteiger partial charge in [-0.25, -0.2) is 18.2 Å². The topological polar surface area (TPSA) is 49.2 Å². The van der Waals surface area contributed by atoms with Crippen LogP contribution in [-0.2, 0) is 11.3 Å². The second-order valence-electron chi connectivity index (χ2n) is 6.11. The van der Waals surface area contributed by atoms with Crippen LogP contribution in [0.15, 0.2) is 29.8 Å². The number of likely N-dealkylation sites (tertiary alicyclic amines) is 1. The lowest BCUT2D eigenvalue weighted by Gasteiger charge is -2.34. The number of nitriles is 1. The molecule has 3 rings (SSSR count). The van der Waals surface area contributed by atoms with Crippen LogP contribution in [-0.4, -0.2) is 29.1 Å². The van der Waals surface area contributed by atoms with E-state index < -0.39 is 12.5 Å². The number of hydrogen-bond acceptors (Lipinski definition) is 5. The molecule has 1 aliphatic heterocycles. The summed E-state index contributed by atoms with van der Waals surface area (Å²) in [6.07, 6.45) is -1.22. The second-order valence-corrected chi connectivity index (χ2v) is 6.99. The maximum atomic E-state index is 13.0. The minimum Gasteiger partial charge on any atom is -0.373 e. The zero-order chi connectivity index (χ0) is 18.5. The fourth-order valence-electron chi connectivity index (χ4n) is 3.03. The van der Waals surface area contributed by atoms with Gasteiger partial charge in [-0.3, -0.25) is 4.90 Å². The van der Waals surface area contributed by atoms with E-state index in [1.165, 1.54) is 17.6 Å². The Balaban J connectivity index is 1.54. The van der Waals surface area contributed by atoms with Crippen LogP contribution < -0.4 is 0 Å². The van der Waals surface area contributed by atoms with Gasteiger partial charge in [-0.05, 0) is 30.5 Å². The minimum absolute atomic E-state index is 0.0340. The molecule has 1 aromatic carbocycles. The van der Waals surface area contributed by atoms with Crippen LogP contribution in [0.3, 0.4) is 0 Å². The van der Waals surface area contributed by atoms with Gasteiger partial charge in [-0.1, -0.05) is 12.1 Å². The molecular formula is C18H18F3N3OS. The van der Waals surface area contributed by atoms with Crippen LogP contribution in [0.25, 0.3) is 0 Å². The van der Waals surface area contributed by atoms with Crippen LogP contribution in [0, 0.1) is 17.1 Å². The molecule has 1 saturated heterocycles. The Kier molecular flexibility index (Phi) is 6.25. The smallest absolute Gasteiger partial charge is 0.281 e. The van der Waals surface area contributed by atoms with E-state index in [4.69, 9.17) is 4.74 Å². The summed E-state index contributed by atoms with van der Waals surface area (Å²) < 4.78 is 44.9. The summed E-state index contributed by atoms with van der Waals surface area (Å²) in [6, 6.07) is 7.60. The number of ether oxygens (including phenoxy) is 1. The normalized spacial score (nSPS) is 17.3. The molecule has 2 heterocycles. The van der Waals surface area contributed by atoms with E-state index in [0.717, 1.165) is 16.9 Å². The van der Waals surface area contributed by atoms with Gasteiger partial charge in [-0.15, -0.1) is 11.3 Å². The lowest BCUT2D eigenvalue weighted by atomic mass is 10.0. The number of rotatable bonds is 6. The summed E-state index contributed by atoms with van der Waals surface area (Å²) in [4.78, 5) is 5.93. The van der Waals surface area contributed by atoms with Crippen molar-refractivity contribution >= 4 is 11.3 Å². The third-order valence-corrected chi connectivity index (χ3v) is 5.34. The van der Waals surface area contributed by atoms with Gasteiger partial charge in [0.15, 0.2) is 0 Å². The lowest BCUT2D eigenvalue weighted by Crippen LogP contribution is -2.39. The van der Waals surface area contributed by atoms with Gasteiger partial charge >= 0.3 is 0 Å². The first kappa shape index (κ1) is 18.8. The Morgan fingerprint density at radius 3 is 2.58 bits per heavy atom. The third kappa shape index (κ3) is 4.41. The predicted octanol–water partition coefficient (Wildman–Crippen LogP) is 4.47. The highest BCUT2D eigenvalue weighted by Crippen LogP contribution is 2.34. The van der Waals surface area contributed by atoms with E-state index in [0.29, 0.717) is 37.4 Å². The first-order chi connectivity index (χ1) is 12.6. The maximum Gasteiger partial charge on any atom is 0.281 e. The molecule has 1 atom stereocenters. The van der Waals surface area contributed by atoms with Crippen molar-refractivity contribution in [1.82, 2.24) is 9.88 Å². The maximum absolute atomic E-state index is 13.0. The summed E-state index contributed by atoms with van der Waals surface area (Å²) in [5.41, 5.74) is 1.96. The van der Waals surface area contributed by atoms with Crippen molar-refractivity contribution in [3.8, 4) is 6.07 Å². The van der Waals surface area contributed by atoms with Gasteiger partial charge in [0.2, 0.25) is 0 Å². The highest BCUT2D eigenvalue weighted by atomic mass is 32.1. The zero-order valence-electron chi connectivity index (χ0n) is 13.9. The van der Waals surface area contributed by atoms with Crippen molar-refractivity contribution in [2.24, 2.45) is 0 Å². The van der Waals surface area contributed by atoms with Gasteiger partial charge in [0.05, 0.1) is 29.2 Å². The Labute approximate surface area is 153 Å². The summed E-state index contributed by atoms with van der Waals surface area (Å²) in [6.45, 7) is 1.58. The minimum atomic E-state index is -2.68. The number of hydrogen-bond donors (Lipinski definition) is 0. The van der Waals surface area contributed by atoms with Gasteiger partial charge in [0.1, 0.15) is 17.6 Å². The van der Waals surface area contributed by atoms with Crippen molar-refractivity contribution < 1.29 is 17.9 Å². The van der Waals surface area contributed by atoms with E-state index in [9.17, 15) is 18.4 Å². The Morgan fingerprint density at radius 2 is 1.96 bits per heavy atom. The average molecular weight is 381 g/mol. The lowest BCUT2D eigenvalue weighted by molar-refractivity contribution is -0.00700. The molecule has 2 aromatic rings. The Bertz CT molecular complexity index is 752. The van der Waals surface area contributed by atoms with Crippen molar-refractivity contribution in [1.29, 1.82) is 5.26 Å². The van der Waals surface area contributed by atoms with Crippen molar-refractivity contribution in [2.75, 3.05) is 13.1 Å². The molecule has 1 fully saturated rings. The van der Waals surface area contributed by atoms with E-state index in [2.05, 4.69) is 11.1 Å². The number of halogens is 3. The van der Waals surface area contributed by atoms with Gasteiger partial charge < -0.3 is 4.74 Å². The largest absolute Gasteiger partial charge is 0.373 e. The molecule has 0 radical (unpaired) electrons. The van der Waals surface area contributed by atoms with Crippen LogP contribution in [0.4, 0.5) is 13.2 Å². The highest BCUT2D eigenvalue weighted by Gasteiger charge is 2.31. The number of piperidine rings is 1. The van der Waals surface area contributed by atoms with Crippen LogP contribution in [0.2, 0.25) is 0 Å². The highest BCUT2D eigenvalue weighted by molar-refractivity contribution is 7.09. The first-order valence-electron chi connectivity index (χ1n) is 8.29. The summed E-state index contributed by atoms with van der Waals surface area (Å²) >= 11 is 1.10. The van der Waals surface area contributed by atoms with Gasteiger partial charge in [0, 0.05) is 13.1 Å². The zero-order valence-corrected chi connectivity index (χ0v) is 14.8. The number of thiazole rings is 1. The molecular weight excluding hydrogens is 363 g/mol. The van der Waals surface area contributed by atoms with Crippen LogP contribution in [0.5, 0.6) is 0 Å². The molecule has 0 spiro atoms. The quantitative estimate of drug-likeness (QED) is 0.741. The monoisotopic (exact) mass is 381 g/mol. The fraction of sp³-hybridized carbons (Fsp3) is 0.444. The van der Waals surface area contributed by atoms with E-state index in [-0.39, 0.29) is 17.6 Å². The number of nitrogens with zero attached hydrogens (tertiary/aromatic N) is 3. The molecule has 0 N–H and O–H groups in total. The summed E-state index contributed by atoms with van der Waals surface area (Å²) in [5.74, 6) is -0.282. The molecule has 138 valence electrons. The molecule has 1 aromatic heterocycles. The molecule has 8 heteroatoms. The number of aromatic nitrogens is 1. The first-order valence-corrected chi connectivity index (χ1v) is 9.17. The molecule has 26 heavy (non-hydrogen) atoms. The van der Waals surface area contributed by atoms with Gasteiger partial charge in [0.25, 0.3) is 6.43 Å². The second kappa shape index (κ2) is 8.62. The Morgan fingerprint density at radius 1 is 1.27 bits per heavy atom. The Hall–Kier alpha value is -1.95. The molecule has 0 aliphatic carbocycles. The average Bonchev–Trinajstić information content (AvgIpc) is 3.13.